The zero-order chi connectivity index (χ0) is 20.9. The summed E-state index contributed by atoms with van der Waals surface area (Å²) < 4.78 is 5.00. The molecular weight excluding hydrogens is 358 g/mol. The molecular formula is C21H28N3O4+. The fraction of sp³-hybridized carbons (Fsp3) is 0.381. The Labute approximate surface area is 165 Å². The van der Waals surface area contributed by atoms with E-state index in [-0.39, 0.29) is 29.2 Å². The molecule has 2 N–H and O–H groups in total. The van der Waals surface area contributed by atoms with Crippen molar-refractivity contribution in [2.75, 3.05) is 26.0 Å². The van der Waals surface area contributed by atoms with Gasteiger partial charge in [0.1, 0.15) is 18.0 Å². The molecule has 1 unspecified atom stereocenters. The van der Waals surface area contributed by atoms with E-state index >= 15 is 0 Å². The van der Waals surface area contributed by atoms with E-state index in [0.29, 0.717) is 12.3 Å². The number of carbonyl (C=O) groups excluding carboxylic acids is 1. The summed E-state index contributed by atoms with van der Waals surface area (Å²) >= 11 is 0. The van der Waals surface area contributed by atoms with E-state index in [0.717, 1.165) is 10.5 Å². The van der Waals surface area contributed by atoms with Crippen LogP contribution in [0.1, 0.15) is 31.9 Å². The molecule has 0 saturated heterocycles. The number of benzene rings is 2. The standard InChI is InChI=1S/C21H27N3O4/c1-21(2,3)16-8-6-15(7-9-16)13-23(4)14-20(25)22-18-11-10-17(28-5)12-19(18)24(26)27/h6-12H,13-14H2,1-5H3,(H,22,25)/p+1. The van der Waals surface area contributed by atoms with Crippen molar-refractivity contribution in [2.45, 2.75) is 32.7 Å². The quantitative estimate of drug-likeness (QED) is 0.566. The van der Waals surface area contributed by atoms with Crippen LogP contribution in [0.15, 0.2) is 42.5 Å². The fourth-order valence-corrected chi connectivity index (χ4v) is 2.90. The number of anilines is 1. The van der Waals surface area contributed by atoms with Crippen LogP contribution < -0.4 is 15.0 Å². The first-order valence-electron chi connectivity index (χ1n) is 9.13. The number of carbonyl (C=O) groups is 1. The Morgan fingerprint density at radius 1 is 1.18 bits per heavy atom. The molecule has 0 heterocycles. The molecule has 0 fully saturated rings. The molecule has 0 spiro atoms. The summed E-state index contributed by atoms with van der Waals surface area (Å²) in [6.07, 6.45) is 0. The van der Waals surface area contributed by atoms with Gasteiger partial charge in [-0.1, -0.05) is 45.0 Å². The van der Waals surface area contributed by atoms with Crippen LogP contribution in [-0.2, 0) is 16.8 Å². The number of amides is 1. The number of rotatable bonds is 7. The summed E-state index contributed by atoms with van der Waals surface area (Å²) in [7, 11) is 3.35. The van der Waals surface area contributed by atoms with Gasteiger partial charge < -0.3 is 15.0 Å². The molecule has 2 aromatic carbocycles. The van der Waals surface area contributed by atoms with Crippen LogP contribution in [0.4, 0.5) is 11.4 Å². The zero-order valence-corrected chi connectivity index (χ0v) is 17.0. The van der Waals surface area contributed by atoms with Crippen molar-refractivity contribution in [3.05, 3.63) is 63.7 Å². The second-order valence-electron chi connectivity index (χ2n) is 7.95. The van der Waals surface area contributed by atoms with Gasteiger partial charge >= 0.3 is 0 Å². The lowest BCUT2D eigenvalue weighted by Crippen LogP contribution is -3.08. The van der Waals surface area contributed by atoms with Crippen molar-refractivity contribution in [1.29, 1.82) is 0 Å². The van der Waals surface area contributed by atoms with Gasteiger partial charge in [0.15, 0.2) is 6.54 Å². The molecule has 7 nitrogen and oxygen atoms in total. The van der Waals surface area contributed by atoms with E-state index in [1.54, 1.807) is 6.07 Å². The normalized spacial score (nSPS) is 12.3. The number of nitrogens with zero attached hydrogens (tertiary/aromatic N) is 1. The Bertz CT molecular complexity index is 842. The Morgan fingerprint density at radius 3 is 2.36 bits per heavy atom. The topological polar surface area (TPSA) is 85.9 Å². The largest absolute Gasteiger partial charge is 0.496 e. The van der Waals surface area contributed by atoms with Gasteiger partial charge in [0, 0.05) is 5.56 Å². The monoisotopic (exact) mass is 386 g/mol. The lowest BCUT2D eigenvalue weighted by atomic mass is 9.87. The molecule has 28 heavy (non-hydrogen) atoms. The van der Waals surface area contributed by atoms with Gasteiger partial charge in [-0.25, -0.2) is 0 Å². The number of methoxy groups -OCH3 is 1. The van der Waals surface area contributed by atoms with Crippen molar-refractivity contribution in [3.63, 3.8) is 0 Å². The Kier molecular flexibility index (Phi) is 6.75. The molecule has 0 radical (unpaired) electrons. The average molecular weight is 386 g/mol. The maximum absolute atomic E-state index is 12.3. The number of quaternary nitrogens is 1. The number of hydrogen-bond donors (Lipinski definition) is 2. The molecule has 0 saturated carbocycles. The highest BCUT2D eigenvalue weighted by Crippen LogP contribution is 2.28. The second kappa shape index (κ2) is 8.84. The minimum atomic E-state index is -0.536. The maximum atomic E-state index is 12.3. The van der Waals surface area contributed by atoms with Crippen molar-refractivity contribution >= 4 is 17.3 Å². The SMILES string of the molecule is COc1ccc(NC(=O)C[NH+](C)Cc2ccc(C(C)(C)C)cc2)c([N+](=O)[O-])c1. The van der Waals surface area contributed by atoms with E-state index in [2.05, 4.69) is 50.4 Å². The molecule has 0 aliphatic rings. The van der Waals surface area contributed by atoms with Crippen LogP contribution >= 0.6 is 0 Å². The Hall–Kier alpha value is -2.93. The molecule has 1 amide bonds. The van der Waals surface area contributed by atoms with Crippen LogP contribution in [0.25, 0.3) is 0 Å². The number of ether oxygens (including phenoxy) is 1. The zero-order valence-electron chi connectivity index (χ0n) is 17.0. The van der Waals surface area contributed by atoms with Gasteiger partial charge in [-0.2, -0.15) is 0 Å². The molecule has 0 bridgehead atoms. The minimum absolute atomic E-state index is 0.101. The Balaban J connectivity index is 1.98. The summed E-state index contributed by atoms with van der Waals surface area (Å²) in [5, 5.41) is 13.9. The lowest BCUT2D eigenvalue weighted by molar-refractivity contribution is -0.885. The number of likely N-dealkylation sites (N-methyl/N-ethyl adjacent to an activating group) is 1. The van der Waals surface area contributed by atoms with Gasteiger partial charge in [-0.05, 0) is 23.1 Å². The molecule has 0 aliphatic heterocycles. The predicted molar refractivity (Wildman–Crippen MR) is 109 cm³/mol. The van der Waals surface area contributed by atoms with Crippen molar-refractivity contribution in [2.24, 2.45) is 0 Å². The number of nitrogens with one attached hydrogen (secondary N) is 2. The summed E-state index contributed by atoms with van der Waals surface area (Å²) in [5.74, 6) is 0.0863. The van der Waals surface area contributed by atoms with E-state index in [1.807, 2.05) is 7.05 Å². The van der Waals surface area contributed by atoms with Crippen LogP contribution in [0.5, 0.6) is 5.75 Å². The number of nitro benzene ring substituents is 1. The van der Waals surface area contributed by atoms with Gasteiger partial charge in [-0.15, -0.1) is 0 Å². The van der Waals surface area contributed by atoms with E-state index in [9.17, 15) is 14.9 Å². The Morgan fingerprint density at radius 2 is 1.82 bits per heavy atom. The van der Waals surface area contributed by atoms with Crippen LogP contribution in [0.2, 0.25) is 0 Å². The molecule has 7 heteroatoms. The van der Waals surface area contributed by atoms with Crippen molar-refractivity contribution < 1.29 is 19.4 Å². The van der Waals surface area contributed by atoms with E-state index in [1.165, 1.54) is 24.8 Å². The summed E-state index contributed by atoms with van der Waals surface area (Å²) in [6.45, 7) is 7.39. The molecule has 150 valence electrons. The fourth-order valence-electron chi connectivity index (χ4n) is 2.90. The maximum Gasteiger partial charge on any atom is 0.296 e. The lowest BCUT2D eigenvalue weighted by Gasteiger charge is -2.19. The van der Waals surface area contributed by atoms with Gasteiger partial charge in [0.2, 0.25) is 0 Å². The predicted octanol–water partition coefficient (Wildman–Crippen LogP) is 2.55. The highest BCUT2D eigenvalue weighted by molar-refractivity contribution is 5.93. The first kappa shape index (κ1) is 21.4. The third kappa shape index (κ3) is 5.79. The van der Waals surface area contributed by atoms with Gasteiger partial charge in [-0.3, -0.25) is 14.9 Å². The smallest absolute Gasteiger partial charge is 0.296 e. The first-order chi connectivity index (χ1) is 13.1. The number of nitro groups is 1. The highest BCUT2D eigenvalue weighted by Gasteiger charge is 2.19. The molecule has 2 aromatic rings. The molecule has 2 rings (SSSR count). The summed E-state index contributed by atoms with van der Waals surface area (Å²) in [4.78, 5) is 24.0. The minimum Gasteiger partial charge on any atom is -0.496 e. The number of hydrogen-bond acceptors (Lipinski definition) is 4. The summed E-state index contributed by atoms with van der Waals surface area (Å²) in [6, 6.07) is 12.7. The van der Waals surface area contributed by atoms with Crippen LogP contribution in [-0.4, -0.2) is 31.5 Å². The van der Waals surface area contributed by atoms with Gasteiger partial charge in [0.05, 0.1) is 25.1 Å². The summed E-state index contributed by atoms with van der Waals surface area (Å²) in [5.41, 5.74) is 2.47. The van der Waals surface area contributed by atoms with Crippen LogP contribution in [0, 0.1) is 10.1 Å². The third-order valence-electron chi connectivity index (χ3n) is 4.46. The van der Waals surface area contributed by atoms with Crippen molar-refractivity contribution in [3.8, 4) is 5.75 Å². The first-order valence-corrected chi connectivity index (χ1v) is 9.13. The molecule has 0 aromatic heterocycles. The molecule has 0 aliphatic carbocycles. The highest BCUT2D eigenvalue weighted by atomic mass is 16.6. The van der Waals surface area contributed by atoms with E-state index < -0.39 is 4.92 Å². The van der Waals surface area contributed by atoms with E-state index in [4.69, 9.17) is 4.74 Å². The van der Waals surface area contributed by atoms with Crippen LogP contribution in [0.3, 0.4) is 0 Å². The average Bonchev–Trinajstić information content (AvgIpc) is 2.61. The van der Waals surface area contributed by atoms with Gasteiger partial charge in [0.25, 0.3) is 11.6 Å². The molecule has 1 atom stereocenters. The van der Waals surface area contributed by atoms with Crippen molar-refractivity contribution in [1.82, 2.24) is 0 Å². The second-order valence-corrected chi connectivity index (χ2v) is 7.95. The third-order valence-corrected chi connectivity index (χ3v) is 4.46.